The minimum Gasteiger partial charge on any atom is -0.292 e. The van der Waals surface area contributed by atoms with Crippen LogP contribution in [0.5, 0.6) is 0 Å². The summed E-state index contributed by atoms with van der Waals surface area (Å²) in [5.41, 5.74) is 2.26. The number of hydrazine groups is 1. The number of hydrogen-bond acceptors (Lipinski definition) is 5. The number of rotatable bonds is 1. The summed E-state index contributed by atoms with van der Waals surface area (Å²) in [6.07, 6.45) is 0. The molecule has 5 nitrogen and oxygen atoms in total. The van der Waals surface area contributed by atoms with Gasteiger partial charge in [-0.25, -0.2) is 10.8 Å². The second kappa shape index (κ2) is 2.76. The normalized spacial score (nSPS) is 9.50. The van der Waals surface area contributed by atoms with Gasteiger partial charge in [0.05, 0.1) is 0 Å². The Labute approximate surface area is 62.6 Å². The van der Waals surface area contributed by atoms with E-state index in [1.807, 2.05) is 0 Å². The van der Waals surface area contributed by atoms with Gasteiger partial charge in [-0.2, -0.15) is 9.97 Å². The zero-order valence-electron chi connectivity index (χ0n) is 5.30. The molecule has 3 N–H and O–H groups in total. The second-order valence-corrected chi connectivity index (χ2v) is 1.96. The molecular formula is C4H6ClN5. The number of nitrogen functional groups attached to an aromatic ring is 1. The van der Waals surface area contributed by atoms with Crippen molar-refractivity contribution in [2.75, 3.05) is 5.43 Å². The molecule has 1 aromatic heterocycles. The van der Waals surface area contributed by atoms with Crippen LogP contribution in [0.2, 0.25) is 5.28 Å². The van der Waals surface area contributed by atoms with Gasteiger partial charge in [0.25, 0.3) is 0 Å². The molecule has 6 heteroatoms. The van der Waals surface area contributed by atoms with Crippen molar-refractivity contribution in [3.63, 3.8) is 0 Å². The van der Waals surface area contributed by atoms with Gasteiger partial charge in [0.1, 0.15) is 5.82 Å². The fourth-order valence-corrected chi connectivity index (χ4v) is 0.716. The number of aryl methyl sites for hydroxylation is 1. The van der Waals surface area contributed by atoms with E-state index < -0.39 is 0 Å². The zero-order chi connectivity index (χ0) is 7.56. The van der Waals surface area contributed by atoms with E-state index in [9.17, 15) is 0 Å². The highest BCUT2D eigenvalue weighted by Crippen LogP contribution is 2.02. The van der Waals surface area contributed by atoms with Crippen molar-refractivity contribution in [1.29, 1.82) is 0 Å². The van der Waals surface area contributed by atoms with E-state index in [-0.39, 0.29) is 11.2 Å². The number of anilines is 1. The molecule has 0 aromatic carbocycles. The molecule has 1 heterocycles. The fourth-order valence-electron chi connectivity index (χ4n) is 0.514. The summed E-state index contributed by atoms with van der Waals surface area (Å²) in [6.45, 7) is 1.70. The minimum atomic E-state index is 0.139. The van der Waals surface area contributed by atoms with Crippen LogP contribution >= 0.6 is 11.6 Å². The SMILES string of the molecule is Cc1nc(Cl)nc(NN)n1. The summed E-state index contributed by atoms with van der Waals surface area (Å²) < 4.78 is 0. The first-order chi connectivity index (χ1) is 4.72. The maximum absolute atomic E-state index is 5.47. The summed E-state index contributed by atoms with van der Waals surface area (Å²) >= 11 is 5.47. The Bertz CT molecular complexity index is 217. The van der Waals surface area contributed by atoms with Crippen molar-refractivity contribution in [2.45, 2.75) is 6.92 Å². The number of hydrogen-bond donors (Lipinski definition) is 2. The van der Waals surface area contributed by atoms with Gasteiger partial charge in [-0.15, -0.1) is 0 Å². The van der Waals surface area contributed by atoms with Gasteiger partial charge in [0, 0.05) is 0 Å². The lowest BCUT2D eigenvalue weighted by molar-refractivity contribution is 0.968. The van der Waals surface area contributed by atoms with E-state index in [2.05, 4.69) is 20.4 Å². The predicted molar refractivity (Wildman–Crippen MR) is 37.4 cm³/mol. The maximum Gasteiger partial charge on any atom is 0.241 e. The first-order valence-electron chi connectivity index (χ1n) is 2.57. The molecule has 0 atom stereocenters. The monoisotopic (exact) mass is 159 g/mol. The van der Waals surface area contributed by atoms with E-state index >= 15 is 0 Å². The van der Waals surface area contributed by atoms with Gasteiger partial charge in [0.15, 0.2) is 0 Å². The van der Waals surface area contributed by atoms with Crippen molar-refractivity contribution >= 4 is 17.5 Å². The van der Waals surface area contributed by atoms with Crippen molar-refractivity contribution in [3.05, 3.63) is 11.1 Å². The van der Waals surface area contributed by atoms with Gasteiger partial charge in [0.2, 0.25) is 11.2 Å². The maximum atomic E-state index is 5.47. The number of nitrogens with one attached hydrogen (secondary N) is 1. The molecular weight excluding hydrogens is 154 g/mol. The molecule has 0 amide bonds. The molecule has 0 unspecified atom stereocenters. The van der Waals surface area contributed by atoms with E-state index in [1.54, 1.807) is 6.92 Å². The van der Waals surface area contributed by atoms with Crippen LogP contribution in [0.4, 0.5) is 5.95 Å². The highest BCUT2D eigenvalue weighted by Gasteiger charge is 1.97. The molecule has 0 fully saturated rings. The zero-order valence-corrected chi connectivity index (χ0v) is 6.05. The number of aromatic nitrogens is 3. The summed E-state index contributed by atoms with van der Waals surface area (Å²) in [5.74, 6) is 5.84. The average Bonchev–Trinajstić information content (AvgIpc) is 1.85. The van der Waals surface area contributed by atoms with Crippen LogP contribution in [-0.4, -0.2) is 15.0 Å². The third-order valence-electron chi connectivity index (χ3n) is 0.849. The van der Waals surface area contributed by atoms with Gasteiger partial charge in [-0.3, -0.25) is 5.43 Å². The van der Waals surface area contributed by atoms with Crippen molar-refractivity contribution in [3.8, 4) is 0 Å². The summed E-state index contributed by atoms with van der Waals surface area (Å²) in [4.78, 5) is 11.2. The molecule has 0 aliphatic carbocycles. The lowest BCUT2D eigenvalue weighted by Gasteiger charge is -1.97. The molecule has 0 aliphatic rings. The highest BCUT2D eigenvalue weighted by molar-refractivity contribution is 6.28. The third-order valence-corrected chi connectivity index (χ3v) is 1.02. The number of nitrogens with two attached hydrogens (primary N) is 1. The third kappa shape index (κ3) is 1.52. The van der Waals surface area contributed by atoms with Crippen LogP contribution in [0.1, 0.15) is 5.82 Å². The Morgan fingerprint density at radius 1 is 1.40 bits per heavy atom. The minimum absolute atomic E-state index is 0.139. The molecule has 1 aromatic rings. The van der Waals surface area contributed by atoms with E-state index in [4.69, 9.17) is 17.4 Å². The molecule has 1 rings (SSSR count). The molecule has 0 radical (unpaired) electrons. The number of nitrogens with zero attached hydrogens (tertiary/aromatic N) is 3. The van der Waals surface area contributed by atoms with Gasteiger partial charge in [-0.1, -0.05) is 0 Å². The van der Waals surface area contributed by atoms with E-state index in [0.29, 0.717) is 5.82 Å². The Balaban J connectivity index is 3.06. The van der Waals surface area contributed by atoms with Crippen LogP contribution in [0.3, 0.4) is 0 Å². The predicted octanol–water partition coefficient (Wildman–Crippen LogP) is 0.119. The lowest BCUT2D eigenvalue weighted by atomic mass is 10.7. The second-order valence-electron chi connectivity index (χ2n) is 1.62. The van der Waals surface area contributed by atoms with Crippen LogP contribution in [0, 0.1) is 6.92 Å². The first kappa shape index (κ1) is 7.17. The Kier molecular flexibility index (Phi) is 1.98. The largest absolute Gasteiger partial charge is 0.292 e. The quantitative estimate of drug-likeness (QED) is 0.450. The fraction of sp³-hybridized carbons (Fsp3) is 0.250. The Hall–Kier alpha value is -0.940. The summed E-state index contributed by atoms with van der Waals surface area (Å²) in [5, 5.41) is 0.139. The van der Waals surface area contributed by atoms with E-state index in [0.717, 1.165) is 0 Å². The Morgan fingerprint density at radius 3 is 2.60 bits per heavy atom. The molecule has 0 saturated carbocycles. The van der Waals surface area contributed by atoms with Crippen LogP contribution in [0.15, 0.2) is 0 Å². The topological polar surface area (TPSA) is 76.7 Å². The Morgan fingerprint density at radius 2 is 2.10 bits per heavy atom. The molecule has 10 heavy (non-hydrogen) atoms. The van der Waals surface area contributed by atoms with Crippen LogP contribution in [0.25, 0.3) is 0 Å². The van der Waals surface area contributed by atoms with Gasteiger partial charge < -0.3 is 0 Å². The molecule has 0 bridgehead atoms. The lowest BCUT2D eigenvalue weighted by Crippen LogP contribution is -2.11. The van der Waals surface area contributed by atoms with Crippen LogP contribution < -0.4 is 11.3 Å². The van der Waals surface area contributed by atoms with Crippen molar-refractivity contribution in [2.24, 2.45) is 5.84 Å². The van der Waals surface area contributed by atoms with Crippen molar-refractivity contribution in [1.82, 2.24) is 15.0 Å². The first-order valence-corrected chi connectivity index (χ1v) is 2.95. The van der Waals surface area contributed by atoms with E-state index in [1.165, 1.54) is 0 Å². The van der Waals surface area contributed by atoms with Crippen LogP contribution in [-0.2, 0) is 0 Å². The van der Waals surface area contributed by atoms with Gasteiger partial charge in [-0.05, 0) is 18.5 Å². The summed E-state index contributed by atoms with van der Waals surface area (Å²) in [6, 6.07) is 0. The van der Waals surface area contributed by atoms with Gasteiger partial charge >= 0.3 is 0 Å². The smallest absolute Gasteiger partial charge is 0.241 e. The van der Waals surface area contributed by atoms with Crippen molar-refractivity contribution < 1.29 is 0 Å². The standard InChI is InChI=1S/C4H6ClN5/c1-2-7-3(5)9-4(8-2)10-6/h6H2,1H3,(H,7,8,9,10). The highest BCUT2D eigenvalue weighted by atomic mass is 35.5. The number of halogens is 1. The molecule has 0 spiro atoms. The summed E-state index contributed by atoms with van der Waals surface area (Å²) in [7, 11) is 0. The molecule has 0 saturated heterocycles. The molecule has 0 aliphatic heterocycles. The average molecular weight is 160 g/mol. The molecule has 54 valence electrons.